The van der Waals surface area contributed by atoms with Gasteiger partial charge in [-0.2, -0.15) is 0 Å². The summed E-state index contributed by atoms with van der Waals surface area (Å²) in [4.78, 5) is 12.8. The number of aromatic nitrogens is 3. The van der Waals surface area contributed by atoms with Gasteiger partial charge in [0.2, 0.25) is 6.79 Å². The van der Waals surface area contributed by atoms with Gasteiger partial charge < -0.3 is 14.8 Å². The van der Waals surface area contributed by atoms with E-state index in [0.717, 1.165) is 0 Å². The van der Waals surface area contributed by atoms with Crippen LogP contribution in [0.2, 0.25) is 10.0 Å². The molecule has 0 aliphatic carbocycles. The SMILES string of the molecule is Cc1cccc(CSc2nnc(CNC(=O)c3ccc4c(c3)OCO4)n2-c2ccc(Cl)cc2Cl)c1. The lowest BCUT2D eigenvalue weighted by molar-refractivity contribution is 0.0949. The molecule has 1 aliphatic rings. The number of nitrogens with zero attached hydrogens (tertiary/aromatic N) is 3. The predicted molar refractivity (Wildman–Crippen MR) is 136 cm³/mol. The van der Waals surface area contributed by atoms with Gasteiger partial charge in [0, 0.05) is 16.3 Å². The molecule has 4 aromatic rings. The Morgan fingerprint density at radius 2 is 1.91 bits per heavy atom. The van der Waals surface area contributed by atoms with E-state index >= 15 is 0 Å². The molecule has 0 radical (unpaired) electrons. The highest BCUT2D eigenvalue weighted by Crippen LogP contribution is 2.33. The number of hydrogen-bond acceptors (Lipinski definition) is 6. The second-order valence-corrected chi connectivity index (χ2v) is 9.64. The van der Waals surface area contributed by atoms with Crippen molar-refractivity contribution in [3.8, 4) is 17.2 Å². The highest BCUT2D eigenvalue weighted by molar-refractivity contribution is 7.98. The van der Waals surface area contributed by atoms with Crippen molar-refractivity contribution in [1.82, 2.24) is 20.1 Å². The van der Waals surface area contributed by atoms with E-state index in [-0.39, 0.29) is 19.2 Å². The first-order chi connectivity index (χ1) is 17.0. The molecule has 2 heterocycles. The van der Waals surface area contributed by atoms with Crippen molar-refractivity contribution < 1.29 is 14.3 Å². The average Bonchev–Trinajstić information content (AvgIpc) is 3.47. The number of carbonyl (C=O) groups excluding carboxylic acids is 1. The molecule has 3 aromatic carbocycles. The molecule has 35 heavy (non-hydrogen) atoms. The Balaban J connectivity index is 1.39. The van der Waals surface area contributed by atoms with E-state index < -0.39 is 0 Å². The fourth-order valence-electron chi connectivity index (χ4n) is 3.66. The molecule has 178 valence electrons. The maximum Gasteiger partial charge on any atom is 0.251 e. The standard InChI is InChI=1S/C25H20Cl2N4O3S/c1-15-3-2-4-16(9-15)13-35-25-30-29-23(31(25)20-7-6-18(26)11-19(20)27)12-28-24(32)17-5-8-21-22(10-17)34-14-33-21/h2-11H,12-14H2,1H3,(H,28,32). The van der Waals surface area contributed by atoms with Gasteiger partial charge in [-0.15, -0.1) is 10.2 Å². The van der Waals surface area contributed by atoms with E-state index in [4.69, 9.17) is 32.7 Å². The van der Waals surface area contributed by atoms with Crippen molar-refractivity contribution in [3.63, 3.8) is 0 Å². The maximum absolute atomic E-state index is 12.8. The van der Waals surface area contributed by atoms with Crippen LogP contribution in [0.5, 0.6) is 11.5 Å². The van der Waals surface area contributed by atoms with E-state index in [2.05, 4.69) is 40.6 Å². The van der Waals surface area contributed by atoms with Crippen LogP contribution in [0.25, 0.3) is 5.69 Å². The van der Waals surface area contributed by atoms with E-state index in [9.17, 15) is 4.79 Å². The summed E-state index contributed by atoms with van der Waals surface area (Å²) in [5.74, 6) is 2.14. The molecule has 0 saturated carbocycles. The Hall–Kier alpha value is -3.20. The number of carbonyl (C=O) groups is 1. The van der Waals surface area contributed by atoms with Crippen LogP contribution in [-0.2, 0) is 12.3 Å². The third-order valence-electron chi connectivity index (χ3n) is 5.34. The van der Waals surface area contributed by atoms with Crippen LogP contribution in [0.15, 0.2) is 65.8 Å². The highest BCUT2D eigenvalue weighted by Gasteiger charge is 2.20. The molecule has 5 rings (SSSR count). The summed E-state index contributed by atoms with van der Waals surface area (Å²) in [5.41, 5.74) is 3.50. The lowest BCUT2D eigenvalue weighted by Gasteiger charge is -2.13. The minimum absolute atomic E-state index is 0.143. The van der Waals surface area contributed by atoms with Gasteiger partial charge in [-0.3, -0.25) is 9.36 Å². The summed E-state index contributed by atoms with van der Waals surface area (Å²) < 4.78 is 12.5. The number of hydrogen-bond donors (Lipinski definition) is 1. The topological polar surface area (TPSA) is 78.3 Å². The number of ether oxygens (including phenoxy) is 2. The van der Waals surface area contributed by atoms with Gasteiger partial charge in [-0.1, -0.05) is 64.8 Å². The van der Waals surface area contributed by atoms with Crippen molar-refractivity contribution in [2.75, 3.05) is 6.79 Å². The quantitative estimate of drug-likeness (QED) is 0.305. The van der Waals surface area contributed by atoms with Crippen LogP contribution >= 0.6 is 35.0 Å². The first kappa shape index (κ1) is 23.5. The molecule has 0 saturated heterocycles. The maximum atomic E-state index is 12.8. The summed E-state index contributed by atoms with van der Waals surface area (Å²) >= 11 is 14.2. The fourth-order valence-corrected chi connectivity index (χ4v) is 5.06. The molecular weight excluding hydrogens is 507 g/mol. The van der Waals surface area contributed by atoms with Gasteiger partial charge in [-0.25, -0.2) is 0 Å². The third-order valence-corrected chi connectivity index (χ3v) is 6.88. The molecule has 0 atom stereocenters. The summed E-state index contributed by atoms with van der Waals surface area (Å²) in [6, 6.07) is 18.6. The second-order valence-electron chi connectivity index (χ2n) is 7.86. The molecule has 1 aromatic heterocycles. The summed E-state index contributed by atoms with van der Waals surface area (Å²) in [6.45, 7) is 2.35. The number of benzene rings is 3. The molecule has 7 nitrogen and oxygen atoms in total. The number of fused-ring (bicyclic) bond motifs is 1. The molecule has 0 spiro atoms. The van der Waals surface area contributed by atoms with E-state index in [0.29, 0.717) is 49.5 Å². The number of amides is 1. The smallest absolute Gasteiger partial charge is 0.251 e. The predicted octanol–water partition coefficient (Wildman–Crippen LogP) is 5.83. The Morgan fingerprint density at radius 3 is 2.74 bits per heavy atom. The molecule has 1 N–H and O–H groups in total. The lowest BCUT2D eigenvalue weighted by Crippen LogP contribution is -2.24. The highest BCUT2D eigenvalue weighted by atomic mass is 35.5. The lowest BCUT2D eigenvalue weighted by atomic mass is 10.2. The van der Waals surface area contributed by atoms with Crippen LogP contribution in [0.4, 0.5) is 0 Å². The van der Waals surface area contributed by atoms with Gasteiger partial charge in [0.05, 0.1) is 17.3 Å². The molecule has 0 bridgehead atoms. The first-order valence-electron chi connectivity index (χ1n) is 10.7. The molecule has 0 unspecified atom stereocenters. The minimum Gasteiger partial charge on any atom is -0.454 e. The zero-order valence-electron chi connectivity index (χ0n) is 18.6. The van der Waals surface area contributed by atoms with E-state index in [1.807, 2.05) is 16.7 Å². The van der Waals surface area contributed by atoms with Crippen molar-refractivity contribution >= 4 is 40.9 Å². The number of rotatable bonds is 7. The summed E-state index contributed by atoms with van der Waals surface area (Å²) in [6.07, 6.45) is 0. The number of halogens is 2. The fraction of sp³-hybridized carbons (Fsp3) is 0.160. The van der Waals surface area contributed by atoms with Crippen LogP contribution < -0.4 is 14.8 Å². The Bertz CT molecular complexity index is 1410. The largest absolute Gasteiger partial charge is 0.454 e. The van der Waals surface area contributed by atoms with E-state index in [1.54, 1.807) is 30.3 Å². The van der Waals surface area contributed by atoms with Gasteiger partial charge >= 0.3 is 0 Å². The zero-order valence-corrected chi connectivity index (χ0v) is 21.0. The van der Waals surface area contributed by atoms with Crippen LogP contribution in [0, 0.1) is 6.92 Å². The molecular formula is C25H20Cl2N4O3S. The van der Waals surface area contributed by atoms with Crippen molar-refractivity contribution in [2.24, 2.45) is 0 Å². The van der Waals surface area contributed by atoms with Gasteiger partial charge in [0.25, 0.3) is 5.91 Å². The number of nitrogens with one attached hydrogen (secondary N) is 1. The van der Waals surface area contributed by atoms with Crippen molar-refractivity contribution in [2.45, 2.75) is 24.4 Å². The molecule has 0 fully saturated rings. The van der Waals surface area contributed by atoms with Gasteiger partial charge in [-0.05, 0) is 48.9 Å². The summed E-state index contributed by atoms with van der Waals surface area (Å²) in [7, 11) is 0. The normalized spacial score (nSPS) is 12.1. The second kappa shape index (κ2) is 10.2. The Labute approximate surface area is 216 Å². The summed E-state index contributed by atoms with van der Waals surface area (Å²) in [5, 5.41) is 13.3. The van der Waals surface area contributed by atoms with Crippen LogP contribution in [0.1, 0.15) is 27.3 Å². The number of thioether (sulfide) groups is 1. The van der Waals surface area contributed by atoms with Crippen LogP contribution in [0.3, 0.4) is 0 Å². The first-order valence-corrected chi connectivity index (χ1v) is 12.5. The van der Waals surface area contributed by atoms with Gasteiger partial charge in [0.15, 0.2) is 22.5 Å². The van der Waals surface area contributed by atoms with Crippen molar-refractivity contribution in [1.29, 1.82) is 0 Å². The average molecular weight is 527 g/mol. The minimum atomic E-state index is -0.269. The molecule has 1 aliphatic heterocycles. The van der Waals surface area contributed by atoms with Crippen LogP contribution in [-0.4, -0.2) is 27.5 Å². The molecule has 10 heteroatoms. The van der Waals surface area contributed by atoms with Crippen molar-refractivity contribution in [3.05, 3.63) is 93.2 Å². The Kier molecular flexibility index (Phi) is 6.86. The van der Waals surface area contributed by atoms with Gasteiger partial charge in [0.1, 0.15) is 0 Å². The Morgan fingerprint density at radius 1 is 1.06 bits per heavy atom. The molecule has 1 amide bonds. The third kappa shape index (κ3) is 5.24. The number of aryl methyl sites for hydroxylation is 1. The van der Waals surface area contributed by atoms with E-state index in [1.165, 1.54) is 22.9 Å². The monoisotopic (exact) mass is 526 g/mol. The zero-order chi connectivity index (χ0) is 24.4.